The molecule has 36 heavy (non-hydrogen) atoms. The first-order chi connectivity index (χ1) is 17.4. The van der Waals surface area contributed by atoms with Crippen LogP contribution in [0.1, 0.15) is 32.6 Å². The van der Waals surface area contributed by atoms with E-state index in [1.165, 1.54) is 32.4 Å². The molecule has 1 saturated carbocycles. The van der Waals surface area contributed by atoms with E-state index in [9.17, 15) is 14.0 Å². The maximum Gasteiger partial charge on any atom is 0.251 e. The SMILES string of the molecule is COc1ccc(-c2nnn(CC(=O)N(c3ccccc3F)[C@H](C)C(=O)NC3CCCC3)n2)cc1OC. The Labute approximate surface area is 208 Å². The van der Waals surface area contributed by atoms with Crippen LogP contribution in [0, 0.1) is 5.82 Å². The molecule has 2 aromatic carbocycles. The Kier molecular flexibility index (Phi) is 7.77. The van der Waals surface area contributed by atoms with Crippen LogP contribution in [-0.2, 0) is 16.1 Å². The molecule has 1 aliphatic carbocycles. The Morgan fingerprint density at radius 1 is 1.14 bits per heavy atom. The number of nitrogens with one attached hydrogen (secondary N) is 1. The third-order valence-corrected chi connectivity index (χ3v) is 6.22. The highest BCUT2D eigenvalue weighted by Gasteiger charge is 2.31. The highest BCUT2D eigenvalue weighted by Crippen LogP contribution is 2.31. The van der Waals surface area contributed by atoms with Gasteiger partial charge >= 0.3 is 0 Å². The summed E-state index contributed by atoms with van der Waals surface area (Å²) in [6, 6.07) is 10.1. The first-order valence-electron chi connectivity index (χ1n) is 11.8. The van der Waals surface area contributed by atoms with Gasteiger partial charge in [-0.25, -0.2) is 4.39 Å². The molecule has 0 unspecified atom stereocenters. The van der Waals surface area contributed by atoms with Crippen molar-refractivity contribution in [2.45, 2.75) is 51.2 Å². The van der Waals surface area contributed by atoms with Crippen molar-refractivity contribution in [3.05, 3.63) is 48.3 Å². The van der Waals surface area contributed by atoms with Gasteiger partial charge in [-0.2, -0.15) is 4.80 Å². The number of halogens is 1. The third-order valence-electron chi connectivity index (χ3n) is 6.22. The minimum Gasteiger partial charge on any atom is -0.493 e. The fraction of sp³-hybridized carbons (Fsp3) is 0.400. The van der Waals surface area contributed by atoms with Crippen LogP contribution >= 0.6 is 0 Å². The van der Waals surface area contributed by atoms with Crippen molar-refractivity contribution < 1.29 is 23.5 Å². The zero-order chi connectivity index (χ0) is 25.7. The predicted molar refractivity (Wildman–Crippen MR) is 130 cm³/mol. The molecular weight excluding hydrogens is 467 g/mol. The zero-order valence-corrected chi connectivity index (χ0v) is 20.5. The summed E-state index contributed by atoms with van der Waals surface area (Å²) in [6.07, 6.45) is 3.90. The number of methoxy groups -OCH3 is 2. The minimum atomic E-state index is -0.941. The quantitative estimate of drug-likeness (QED) is 0.485. The molecule has 1 heterocycles. The molecule has 3 aromatic rings. The van der Waals surface area contributed by atoms with Gasteiger partial charge in [-0.15, -0.1) is 10.2 Å². The minimum absolute atomic E-state index is 0.0109. The number of amides is 2. The van der Waals surface area contributed by atoms with Crippen LogP contribution in [0.2, 0.25) is 0 Å². The summed E-state index contributed by atoms with van der Waals surface area (Å²) in [5.41, 5.74) is 0.624. The molecule has 0 spiro atoms. The van der Waals surface area contributed by atoms with Crippen molar-refractivity contribution in [3.8, 4) is 22.9 Å². The van der Waals surface area contributed by atoms with Gasteiger partial charge < -0.3 is 14.8 Å². The summed E-state index contributed by atoms with van der Waals surface area (Å²) in [5.74, 6) is -0.178. The van der Waals surface area contributed by atoms with E-state index in [1.54, 1.807) is 31.2 Å². The number of aromatic nitrogens is 4. The lowest BCUT2D eigenvalue weighted by molar-refractivity contribution is -0.127. The summed E-state index contributed by atoms with van der Waals surface area (Å²) < 4.78 is 25.3. The second kappa shape index (κ2) is 11.1. The van der Waals surface area contributed by atoms with E-state index in [4.69, 9.17) is 9.47 Å². The zero-order valence-electron chi connectivity index (χ0n) is 20.5. The van der Waals surface area contributed by atoms with E-state index in [2.05, 4.69) is 20.7 Å². The fourth-order valence-electron chi connectivity index (χ4n) is 4.31. The predicted octanol–water partition coefficient (Wildman–Crippen LogP) is 2.98. The van der Waals surface area contributed by atoms with Crippen LogP contribution in [0.15, 0.2) is 42.5 Å². The number of para-hydroxylation sites is 1. The van der Waals surface area contributed by atoms with Crippen LogP contribution in [-0.4, -0.2) is 58.3 Å². The number of ether oxygens (including phenoxy) is 2. The summed E-state index contributed by atoms with van der Waals surface area (Å²) in [5, 5.41) is 15.3. The fourth-order valence-corrected chi connectivity index (χ4v) is 4.31. The monoisotopic (exact) mass is 496 g/mol. The van der Waals surface area contributed by atoms with E-state index in [0.717, 1.165) is 35.4 Å². The van der Waals surface area contributed by atoms with Gasteiger partial charge in [0.25, 0.3) is 5.91 Å². The van der Waals surface area contributed by atoms with Gasteiger partial charge in [0.1, 0.15) is 18.4 Å². The van der Waals surface area contributed by atoms with E-state index in [0.29, 0.717) is 17.1 Å². The number of benzene rings is 2. The number of carbonyl (C=O) groups is 2. The Morgan fingerprint density at radius 2 is 1.86 bits per heavy atom. The van der Waals surface area contributed by atoms with Crippen molar-refractivity contribution in [1.29, 1.82) is 0 Å². The van der Waals surface area contributed by atoms with E-state index in [-0.39, 0.29) is 30.0 Å². The average molecular weight is 497 g/mol. The number of tetrazole rings is 1. The maximum absolute atomic E-state index is 14.7. The van der Waals surface area contributed by atoms with Crippen molar-refractivity contribution in [2.24, 2.45) is 0 Å². The number of carbonyl (C=O) groups excluding carboxylic acids is 2. The molecule has 0 aliphatic heterocycles. The van der Waals surface area contributed by atoms with E-state index in [1.807, 2.05) is 0 Å². The Morgan fingerprint density at radius 3 is 2.56 bits per heavy atom. The van der Waals surface area contributed by atoms with Gasteiger partial charge in [0.05, 0.1) is 19.9 Å². The first kappa shape index (κ1) is 25.1. The molecule has 0 radical (unpaired) electrons. The molecule has 1 aromatic heterocycles. The van der Waals surface area contributed by atoms with E-state index >= 15 is 0 Å². The average Bonchev–Trinajstić information content (AvgIpc) is 3.57. The van der Waals surface area contributed by atoms with Gasteiger partial charge in [-0.05, 0) is 55.3 Å². The molecule has 11 heteroatoms. The lowest BCUT2D eigenvalue weighted by atomic mass is 10.1. The summed E-state index contributed by atoms with van der Waals surface area (Å²) in [6.45, 7) is 1.24. The van der Waals surface area contributed by atoms with Crippen molar-refractivity contribution in [1.82, 2.24) is 25.5 Å². The maximum atomic E-state index is 14.7. The van der Waals surface area contributed by atoms with Gasteiger partial charge in [-0.3, -0.25) is 14.5 Å². The summed E-state index contributed by atoms with van der Waals surface area (Å²) in [7, 11) is 3.06. The molecule has 1 aliphatic rings. The van der Waals surface area contributed by atoms with Crippen LogP contribution < -0.4 is 19.7 Å². The number of rotatable bonds is 9. The van der Waals surface area contributed by atoms with Crippen LogP contribution in [0.4, 0.5) is 10.1 Å². The van der Waals surface area contributed by atoms with Crippen molar-refractivity contribution in [3.63, 3.8) is 0 Å². The summed E-state index contributed by atoms with van der Waals surface area (Å²) in [4.78, 5) is 28.6. The normalized spacial score (nSPS) is 14.3. The Bertz CT molecular complexity index is 1230. The molecule has 2 amide bonds. The second-order valence-electron chi connectivity index (χ2n) is 8.59. The number of anilines is 1. The van der Waals surface area contributed by atoms with Crippen LogP contribution in [0.5, 0.6) is 11.5 Å². The molecule has 1 atom stereocenters. The first-order valence-corrected chi connectivity index (χ1v) is 11.8. The van der Waals surface area contributed by atoms with Gasteiger partial charge in [0.15, 0.2) is 11.5 Å². The standard InChI is InChI=1S/C25H29FN6O4/c1-16(25(34)27-18-8-4-5-9-18)32(20-11-7-6-10-19(20)26)23(33)15-31-29-24(28-30-31)17-12-13-21(35-2)22(14-17)36-3/h6-7,10-14,16,18H,4-5,8-9,15H2,1-3H3,(H,27,34)/t16-/m1/s1. The highest BCUT2D eigenvalue weighted by atomic mass is 19.1. The lowest BCUT2D eigenvalue weighted by Gasteiger charge is -2.29. The Hall–Kier alpha value is -4.02. The molecule has 10 nitrogen and oxygen atoms in total. The molecule has 4 rings (SSSR count). The topological polar surface area (TPSA) is 111 Å². The third kappa shape index (κ3) is 5.45. The van der Waals surface area contributed by atoms with Crippen LogP contribution in [0.3, 0.4) is 0 Å². The smallest absolute Gasteiger partial charge is 0.251 e. The number of hydrogen-bond acceptors (Lipinski definition) is 7. The highest BCUT2D eigenvalue weighted by molar-refractivity contribution is 6.00. The lowest BCUT2D eigenvalue weighted by Crippen LogP contribution is -2.51. The van der Waals surface area contributed by atoms with Crippen LogP contribution in [0.25, 0.3) is 11.4 Å². The van der Waals surface area contributed by atoms with Crippen molar-refractivity contribution in [2.75, 3.05) is 19.1 Å². The van der Waals surface area contributed by atoms with Gasteiger partial charge in [-0.1, -0.05) is 25.0 Å². The van der Waals surface area contributed by atoms with Gasteiger partial charge in [0, 0.05) is 11.6 Å². The second-order valence-corrected chi connectivity index (χ2v) is 8.59. The molecule has 1 N–H and O–H groups in total. The number of hydrogen-bond donors (Lipinski definition) is 1. The molecular formula is C25H29FN6O4. The molecule has 0 bridgehead atoms. The largest absolute Gasteiger partial charge is 0.493 e. The van der Waals surface area contributed by atoms with Gasteiger partial charge in [0.2, 0.25) is 11.7 Å². The molecule has 1 fully saturated rings. The Balaban J connectivity index is 1.56. The number of nitrogens with zero attached hydrogens (tertiary/aromatic N) is 5. The van der Waals surface area contributed by atoms with E-state index < -0.39 is 17.8 Å². The summed E-state index contributed by atoms with van der Waals surface area (Å²) >= 11 is 0. The molecule has 0 saturated heterocycles. The molecule has 190 valence electrons. The van der Waals surface area contributed by atoms with Crippen molar-refractivity contribution >= 4 is 17.5 Å².